The third kappa shape index (κ3) is 5.24. The van der Waals surface area contributed by atoms with Crippen molar-refractivity contribution in [3.63, 3.8) is 0 Å². The molecule has 17 heavy (non-hydrogen) atoms. The summed E-state index contributed by atoms with van der Waals surface area (Å²) in [6.45, 7) is 3.96. The number of benzene rings is 1. The monoisotopic (exact) mass is 243 g/mol. The molecule has 1 aromatic carbocycles. The Hall–Kier alpha value is -1.00. The van der Waals surface area contributed by atoms with Crippen molar-refractivity contribution >= 4 is 0 Å². The van der Waals surface area contributed by atoms with Gasteiger partial charge in [-0.15, -0.1) is 0 Å². The standard InChI is InChI=1S/C13H19F2NO/c1-2-3-4-16(5-6-17)10-11-7-12(14)9-13(15)8-11/h7-9,17H,2-6,10H2,1H3. The minimum absolute atomic E-state index is 0.0571. The topological polar surface area (TPSA) is 23.5 Å². The van der Waals surface area contributed by atoms with E-state index in [-0.39, 0.29) is 6.61 Å². The molecule has 0 aromatic heterocycles. The van der Waals surface area contributed by atoms with Crippen LogP contribution in [0.4, 0.5) is 8.78 Å². The van der Waals surface area contributed by atoms with Gasteiger partial charge in [0, 0.05) is 19.2 Å². The van der Waals surface area contributed by atoms with Crippen molar-refractivity contribution in [1.29, 1.82) is 0 Å². The lowest BCUT2D eigenvalue weighted by molar-refractivity contribution is 0.188. The first-order valence-corrected chi connectivity index (χ1v) is 5.94. The second-order valence-corrected chi connectivity index (χ2v) is 4.13. The van der Waals surface area contributed by atoms with Gasteiger partial charge >= 0.3 is 0 Å². The zero-order valence-corrected chi connectivity index (χ0v) is 10.1. The Balaban J connectivity index is 2.63. The Labute approximate surface area is 101 Å². The Morgan fingerprint density at radius 2 is 1.76 bits per heavy atom. The third-order valence-corrected chi connectivity index (χ3v) is 2.57. The minimum Gasteiger partial charge on any atom is -0.395 e. The molecule has 0 aliphatic rings. The first-order chi connectivity index (χ1) is 8.15. The number of hydrogen-bond acceptors (Lipinski definition) is 2. The van der Waals surface area contributed by atoms with Crippen molar-refractivity contribution in [2.75, 3.05) is 19.7 Å². The molecule has 96 valence electrons. The maximum Gasteiger partial charge on any atom is 0.126 e. The quantitative estimate of drug-likeness (QED) is 0.795. The maximum absolute atomic E-state index is 13.0. The number of rotatable bonds is 7. The molecule has 0 saturated heterocycles. The second kappa shape index (κ2) is 7.35. The molecule has 2 nitrogen and oxygen atoms in total. The molecule has 0 radical (unpaired) electrons. The molecule has 1 rings (SSSR count). The Kier molecular flexibility index (Phi) is 6.08. The van der Waals surface area contributed by atoms with E-state index in [0.717, 1.165) is 25.5 Å². The van der Waals surface area contributed by atoms with E-state index in [2.05, 4.69) is 6.92 Å². The summed E-state index contributed by atoms with van der Waals surface area (Å²) < 4.78 is 26.0. The number of unbranched alkanes of at least 4 members (excludes halogenated alkanes) is 1. The van der Waals surface area contributed by atoms with Crippen LogP contribution in [0, 0.1) is 11.6 Å². The normalized spacial score (nSPS) is 11.1. The van der Waals surface area contributed by atoms with Crippen LogP contribution in [0.25, 0.3) is 0 Å². The molecule has 0 unspecified atom stereocenters. The molecular weight excluding hydrogens is 224 g/mol. The van der Waals surface area contributed by atoms with Crippen molar-refractivity contribution in [1.82, 2.24) is 4.90 Å². The van der Waals surface area contributed by atoms with E-state index < -0.39 is 11.6 Å². The predicted molar refractivity (Wildman–Crippen MR) is 63.6 cm³/mol. The molecule has 0 bridgehead atoms. The molecule has 1 N–H and O–H groups in total. The number of halogens is 2. The average molecular weight is 243 g/mol. The highest BCUT2D eigenvalue weighted by atomic mass is 19.1. The maximum atomic E-state index is 13.0. The summed E-state index contributed by atoms with van der Waals surface area (Å²) in [5.74, 6) is -1.11. The molecule has 0 atom stereocenters. The average Bonchev–Trinajstić information content (AvgIpc) is 2.24. The van der Waals surface area contributed by atoms with Crippen LogP contribution in [0.5, 0.6) is 0 Å². The molecule has 0 aliphatic carbocycles. The second-order valence-electron chi connectivity index (χ2n) is 4.13. The molecule has 0 aliphatic heterocycles. The fraction of sp³-hybridized carbons (Fsp3) is 0.538. The van der Waals surface area contributed by atoms with Crippen LogP contribution in [0.2, 0.25) is 0 Å². The van der Waals surface area contributed by atoms with Crippen LogP contribution < -0.4 is 0 Å². The van der Waals surface area contributed by atoms with E-state index in [0.29, 0.717) is 18.7 Å². The number of hydrogen-bond donors (Lipinski definition) is 1. The lowest BCUT2D eigenvalue weighted by Gasteiger charge is -2.21. The fourth-order valence-electron chi connectivity index (χ4n) is 1.75. The molecular formula is C13H19F2NO. The summed E-state index contributed by atoms with van der Waals surface area (Å²) in [5.41, 5.74) is 0.604. The molecule has 4 heteroatoms. The van der Waals surface area contributed by atoms with Gasteiger partial charge < -0.3 is 5.11 Å². The Morgan fingerprint density at radius 1 is 1.12 bits per heavy atom. The number of aliphatic hydroxyl groups excluding tert-OH is 1. The molecule has 0 spiro atoms. The Bertz CT molecular complexity index is 324. The van der Waals surface area contributed by atoms with Gasteiger partial charge in [0.1, 0.15) is 11.6 Å². The van der Waals surface area contributed by atoms with Gasteiger partial charge in [-0.3, -0.25) is 4.90 Å². The SMILES string of the molecule is CCCCN(CCO)Cc1cc(F)cc(F)c1. The van der Waals surface area contributed by atoms with Gasteiger partial charge in [-0.1, -0.05) is 13.3 Å². The third-order valence-electron chi connectivity index (χ3n) is 2.57. The first kappa shape index (κ1) is 14.1. The minimum atomic E-state index is -0.556. The molecule has 0 heterocycles. The van der Waals surface area contributed by atoms with Crippen molar-refractivity contribution in [2.24, 2.45) is 0 Å². The summed E-state index contributed by atoms with van der Waals surface area (Å²) in [5, 5.41) is 8.93. The van der Waals surface area contributed by atoms with Crippen molar-refractivity contribution in [2.45, 2.75) is 26.3 Å². The van der Waals surface area contributed by atoms with Gasteiger partial charge in [-0.05, 0) is 30.7 Å². The molecule has 0 saturated carbocycles. The predicted octanol–water partition coefficient (Wildman–Crippen LogP) is 2.56. The van der Waals surface area contributed by atoms with E-state index in [1.165, 1.54) is 12.1 Å². The highest BCUT2D eigenvalue weighted by Crippen LogP contribution is 2.11. The van der Waals surface area contributed by atoms with Crippen LogP contribution >= 0.6 is 0 Å². The van der Waals surface area contributed by atoms with Gasteiger partial charge in [0.2, 0.25) is 0 Å². The van der Waals surface area contributed by atoms with E-state index in [1.54, 1.807) is 0 Å². The highest BCUT2D eigenvalue weighted by molar-refractivity contribution is 5.17. The van der Waals surface area contributed by atoms with E-state index in [4.69, 9.17) is 5.11 Å². The van der Waals surface area contributed by atoms with Crippen LogP contribution in [0.1, 0.15) is 25.3 Å². The van der Waals surface area contributed by atoms with Gasteiger partial charge in [0.15, 0.2) is 0 Å². The van der Waals surface area contributed by atoms with E-state index >= 15 is 0 Å². The lowest BCUT2D eigenvalue weighted by atomic mass is 10.2. The van der Waals surface area contributed by atoms with Crippen molar-refractivity contribution in [3.8, 4) is 0 Å². The highest BCUT2D eigenvalue weighted by Gasteiger charge is 2.07. The summed E-state index contributed by atoms with van der Waals surface area (Å²) in [7, 11) is 0. The largest absolute Gasteiger partial charge is 0.395 e. The van der Waals surface area contributed by atoms with Crippen molar-refractivity contribution < 1.29 is 13.9 Å². The van der Waals surface area contributed by atoms with E-state index in [9.17, 15) is 8.78 Å². The van der Waals surface area contributed by atoms with E-state index in [1.807, 2.05) is 4.90 Å². The summed E-state index contributed by atoms with van der Waals surface area (Å²) in [4.78, 5) is 2.00. The fourth-order valence-corrected chi connectivity index (χ4v) is 1.75. The smallest absolute Gasteiger partial charge is 0.126 e. The Morgan fingerprint density at radius 3 is 2.29 bits per heavy atom. The summed E-state index contributed by atoms with van der Waals surface area (Å²) >= 11 is 0. The van der Waals surface area contributed by atoms with Crippen LogP contribution in [0.15, 0.2) is 18.2 Å². The summed E-state index contributed by atoms with van der Waals surface area (Å²) in [6, 6.07) is 3.53. The molecule has 0 fully saturated rings. The van der Waals surface area contributed by atoms with Gasteiger partial charge in [-0.2, -0.15) is 0 Å². The van der Waals surface area contributed by atoms with Gasteiger partial charge in [0.25, 0.3) is 0 Å². The molecule has 1 aromatic rings. The zero-order valence-electron chi connectivity index (χ0n) is 10.1. The zero-order chi connectivity index (χ0) is 12.7. The van der Waals surface area contributed by atoms with Gasteiger partial charge in [-0.25, -0.2) is 8.78 Å². The summed E-state index contributed by atoms with van der Waals surface area (Å²) in [6.07, 6.45) is 2.07. The van der Waals surface area contributed by atoms with Crippen LogP contribution in [0.3, 0.4) is 0 Å². The molecule has 0 amide bonds. The van der Waals surface area contributed by atoms with Crippen LogP contribution in [-0.4, -0.2) is 29.7 Å². The number of aliphatic hydroxyl groups is 1. The lowest BCUT2D eigenvalue weighted by Crippen LogP contribution is -2.27. The number of nitrogens with zero attached hydrogens (tertiary/aromatic N) is 1. The van der Waals surface area contributed by atoms with Crippen molar-refractivity contribution in [3.05, 3.63) is 35.4 Å². The van der Waals surface area contributed by atoms with Gasteiger partial charge in [0.05, 0.1) is 6.61 Å². The first-order valence-electron chi connectivity index (χ1n) is 5.94. The van der Waals surface area contributed by atoms with Crippen LogP contribution in [-0.2, 0) is 6.54 Å².